The van der Waals surface area contributed by atoms with Crippen LogP contribution in [0.15, 0.2) is 12.4 Å². The summed E-state index contributed by atoms with van der Waals surface area (Å²) in [5.74, 6) is 1.75. The summed E-state index contributed by atoms with van der Waals surface area (Å²) in [4.78, 5) is 11.0. The molecule has 1 aliphatic rings. The van der Waals surface area contributed by atoms with Crippen molar-refractivity contribution in [2.45, 2.75) is 25.1 Å². The molecule has 2 rings (SSSR count). The van der Waals surface area contributed by atoms with E-state index < -0.39 is 0 Å². The highest BCUT2D eigenvalue weighted by Crippen LogP contribution is 2.30. The molecule has 0 bridgehead atoms. The second-order valence-corrected chi connectivity index (χ2v) is 4.57. The lowest BCUT2D eigenvalue weighted by molar-refractivity contribution is 0.719. The van der Waals surface area contributed by atoms with Gasteiger partial charge in [-0.15, -0.1) is 0 Å². The Balaban J connectivity index is 2.03. The van der Waals surface area contributed by atoms with Gasteiger partial charge >= 0.3 is 0 Å². The van der Waals surface area contributed by atoms with Crippen molar-refractivity contribution in [1.29, 1.82) is 0 Å². The highest BCUT2D eigenvalue weighted by molar-refractivity contribution is 9.08. The van der Waals surface area contributed by atoms with E-state index in [-0.39, 0.29) is 0 Å². The maximum Gasteiger partial charge on any atom is 0.225 e. The number of hydrogen-bond donors (Lipinski definition) is 0. The Morgan fingerprint density at radius 2 is 2.07 bits per heavy atom. The van der Waals surface area contributed by atoms with Crippen LogP contribution in [0.3, 0.4) is 0 Å². The van der Waals surface area contributed by atoms with Gasteiger partial charge in [-0.25, -0.2) is 9.97 Å². The molecule has 0 aromatic carbocycles. The van der Waals surface area contributed by atoms with Crippen molar-refractivity contribution < 1.29 is 0 Å². The van der Waals surface area contributed by atoms with Crippen molar-refractivity contribution in [3.05, 3.63) is 18.0 Å². The van der Waals surface area contributed by atoms with E-state index in [0.29, 0.717) is 0 Å². The van der Waals surface area contributed by atoms with Gasteiger partial charge in [0.2, 0.25) is 5.95 Å². The van der Waals surface area contributed by atoms with Gasteiger partial charge in [-0.3, -0.25) is 0 Å². The summed E-state index contributed by atoms with van der Waals surface area (Å²) >= 11 is 3.39. The molecule has 1 aromatic heterocycles. The minimum atomic E-state index is 0.821. The first-order valence-electron chi connectivity index (χ1n) is 5.45. The van der Waals surface area contributed by atoms with E-state index in [1.807, 2.05) is 12.4 Å². The molecule has 1 aliphatic carbocycles. The van der Waals surface area contributed by atoms with Crippen LogP contribution in [0, 0.1) is 5.92 Å². The zero-order valence-corrected chi connectivity index (χ0v) is 10.6. The van der Waals surface area contributed by atoms with E-state index in [4.69, 9.17) is 0 Å². The van der Waals surface area contributed by atoms with Gasteiger partial charge < -0.3 is 4.90 Å². The van der Waals surface area contributed by atoms with Crippen molar-refractivity contribution in [3.63, 3.8) is 0 Å². The number of rotatable bonds is 5. The van der Waals surface area contributed by atoms with Gasteiger partial charge in [0.25, 0.3) is 0 Å². The number of anilines is 1. The molecular formula is C11H16BrN3. The average Bonchev–Trinajstić information content (AvgIpc) is 3.10. The monoisotopic (exact) mass is 269 g/mol. The first-order valence-corrected chi connectivity index (χ1v) is 6.57. The zero-order valence-electron chi connectivity index (χ0n) is 8.99. The molecule has 1 heterocycles. The smallest absolute Gasteiger partial charge is 0.225 e. The van der Waals surface area contributed by atoms with Gasteiger partial charge in [-0.2, -0.15) is 0 Å². The SMILES string of the molecule is CCN(CC1CC1)c1ncc(CBr)cn1. The molecule has 1 fully saturated rings. The zero-order chi connectivity index (χ0) is 10.7. The van der Waals surface area contributed by atoms with Crippen molar-refractivity contribution in [3.8, 4) is 0 Å². The summed E-state index contributed by atoms with van der Waals surface area (Å²) in [5.41, 5.74) is 1.13. The number of nitrogens with zero attached hydrogens (tertiary/aromatic N) is 3. The van der Waals surface area contributed by atoms with Gasteiger partial charge in [-0.1, -0.05) is 15.9 Å². The standard InChI is InChI=1S/C11H16BrN3/c1-2-15(8-9-3-4-9)11-13-6-10(5-12)7-14-11/h6-7,9H,2-5,8H2,1H3. The van der Waals surface area contributed by atoms with Gasteiger partial charge in [0, 0.05) is 30.8 Å². The Morgan fingerprint density at radius 1 is 1.40 bits per heavy atom. The highest BCUT2D eigenvalue weighted by atomic mass is 79.9. The lowest BCUT2D eigenvalue weighted by Gasteiger charge is -2.20. The second kappa shape index (κ2) is 4.92. The van der Waals surface area contributed by atoms with Crippen LogP contribution in [0.2, 0.25) is 0 Å². The average molecular weight is 270 g/mol. The Morgan fingerprint density at radius 3 is 2.53 bits per heavy atom. The summed E-state index contributed by atoms with van der Waals surface area (Å²) in [6.07, 6.45) is 6.53. The topological polar surface area (TPSA) is 29.0 Å². The minimum absolute atomic E-state index is 0.821. The Hall–Kier alpha value is -0.640. The molecule has 0 saturated heterocycles. The predicted molar refractivity (Wildman–Crippen MR) is 65.3 cm³/mol. The molecule has 0 atom stereocenters. The van der Waals surface area contributed by atoms with Gasteiger partial charge in [0.05, 0.1) is 0 Å². The fraction of sp³-hybridized carbons (Fsp3) is 0.636. The van der Waals surface area contributed by atoms with Crippen molar-refractivity contribution in [2.75, 3.05) is 18.0 Å². The molecule has 0 spiro atoms. The van der Waals surface area contributed by atoms with Gasteiger partial charge in [0.15, 0.2) is 0 Å². The molecule has 0 aliphatic heterocycles. The fourth-order valence-electron chi connectivity index (χ4n) is 1.54. The first-order chi connectivity index (χ1) is 7.33. The van der Waals surface area contributed by atoms with Gasteiger partial charge in [0.1, 0.15) is 0 Å². The number of hydrogen-bond acceptors (Lipinski definition) is 3. The van der Waals surface area contributed by atoms with E-state index in [9.17, 15) is 0 Å². The molecule has 15 heavy (non-hydrogen) atoms. The summed E-state index contributed by atoms with van der Waals surface area (Å²) in [6, 6.07) is 0. The largest absolute Gasteiger partial charge is 0.341 e. The van der Waals surface area contributed by atoms with Crippen LogP contribution >= 0.6 is 15.9 Å². The molecule has 0 radical (unpaired) electrons. The van der Waals surface area contributed by atoms with Crippen LogP contribution in [0.1, 0.15) is 25.3 Å². The maximum absolute atomic E-state index is 4.39. The molecule has 1 saturated carbocycles. The number of alkyl halides is 1. The molecular weight excluding hydrogens is 254 g/mol. The highest BCUT2D eigenvalue weighted by Gasteiger charge is 2.24. The Bertz CT molecular complexity index is 308. The van der Waals surface area contributed by atoms with E-state index >= 15 is 0 Å². The van der Waals surface area contributed by atoms with Crippen molar-refractivity contribution in [2.24, 2.45) is 5.92 Å². The van der Waals surface area contributed by atoms with E-state index in [1.165, 1.54) is 12.8 Å². The number of aromatic nitrogens is 2. The van der Waals surface area contributed by atoms with Crippen molar-refractivity contribution in [1.82, 2.24) is 9.97 Å². The lowest BCUT2D eigenvalue weighted by atomic mass is 10.3. The third kappa shape index (κ3) is 2.91. The molecule has 0 amide bonds. The summed E-state index contributed by atoms with van der Waals surface area (Å²) < 4.78 is 0. The summed E-state index contributed by atoms with van der Waals surface area (Å²) in [6.45, 7) is 4.26. The predicted octanol–water partition coefficient (Wildman–Crippen LogP) is 2.61. The van der Waals surface area contributed by atoms with E-state index in [2.05, 4.69) is 37.7 Å². The molecule has 0 unspecified atom stereocenters. The third-order valence-corrected chi connectivity index (χ3v) is 3.33. The minimum Gasteiger partial charge on any atom is -0.341 e. The number of halogens is 1. The second-order valence-electron chi connectivity index (χ2n) is 4.01. The molecule has 82 valence electrons. The lowest BCUT2D eigenvalue weighted by Crippen LogP contribution is -2.27. The molecule has 0 N–H and O–H groups in total. The van der Waals surface area contributed by atoms with Crippen LogP contribution in [0.4, 0.5) is 5.95 Å². The van der Waals surface area contributed by atoms with Crippen LogP contribution in [0.5, 0.6) is 0 Å². The maximum atomic E-state index is 4.39. The Kier molecular flexibility index (Phi) is 3.57. The van der Waals surface area contributed by atoms with E-state index in [0.717, 1.165) is 35.8 Å². The molecule has 3 nitrogen and oxygen atoms in total. The van der Waals surface area contributed by atoms with Crippen LogP contribution in [0.25, 0.3) is 0 Å². The Labute approximate surface area is 99.0 Å². The quantitative estimate of drug-likeness (QED) is 0.770. The fourth-order valence-corrected chi connectivity index (χ4v) is 1.83. The summed E-state index contributed by atoms with van der Waals surface area (Å²) in [5, 5.41) is 0.821. The molecule has 4 heteroatoms. The van der Waals surface area contributed by atoms with Crippen LogP contribution in [-0.2, 0) is 5.33 Å². The normalized spacial score (nSPS) is 15.3. The molecule has 1 aromatic rings. The summed E-state index contributed by atoms with van der Waals surface area (Å²) in [7, 11) is 0. The van der Waals surface area contributed by atoms with Crippen LogP contribution in [-0.4, -0.2) is 23.1 Å². The van der Waals surface area contributed by atoms with Crippen molar-refractivity contribution >= 4 is 21.9 Å². The van der Waals surface area contributed by atoms with Crippen LogP contribution < -0.4 is 4.90 Å². The first kappa shape index (κ1) is 10.9. The van der Waals surface area contributed by atoms with E-state index in [1.54, 1.807) is 0 Å². The van der Waals surface area contributed by atoms with Gasteiger partial charge in [-0.05, 0) is 31.2 Å². The third-order valence-electron chi connectivity index (χ3n) is 2.69.